The van der Waals surface area contributed by atoms with Crippen molar-refractivity contribution < 1.29 is 0 Å². The molecule has 114 valence electrons. The van der Waals surface area contributed by atoms with Crippen LogP contribution in [0, 0.1) is 0 Å². The Morgan fingerprint density at radius 2 is 2.10 bits per heavy atom. The second-order valence-corrected chi connectivity index (χ2v) is 5.75. The van der Waals surface area contributed by atoms with Crippen molar-refractivity contribution in [3.05, 3.63) is 57.2 Å². The maximum absolute atomic E-state index is 6.29. The zero-order valence-electron chi connectivity index (χ0n) is 11.7. The molecule has 1 heterocycles. The number of halogens is 2. The normalized spacial score (nSPS) is 16.4. The van der Waals surface area contributed by atoms with E-state index in [1.807, 2.05) is 13.0 Å². The summed E-state index contributed by atoms with van der Waals surface area (Å²) in [6, 6.07) is 5.40. The Morgan fingerprint density at radius 1 is 1.38 bits per heavy atom. The van der Waals surface area contributed by atoms with Crippen molar-refractivity contribution in [2.24, 2.45) is 17.2 Å². The molecular formula is C14H19Cl2N5. The van der Waals surface area contributed by atoms with Crippen molar-refractivity contribution >= 4 is 23.2 Å². The quantitative estimate of drug-likeness (QED) is 0.679. The molecule has 2 rings (SSSR count). The zero-order chi connectivity index (χ0) is 15.6. The summed E-state index contributed by atoms with van der Waals surface area (Å²) in [4.78, 5) is 2.10. The number of nitrogens with one attached hydrogen (secondary N) is 1. The summed E-state index contributed by atoms with van der Waals surface area (Å²) in [5.74, 6) is 0.741. The van der Waals surface area contributed by atoms with Gasteiger partial charge in [-0.05, 0) is 30.7 Å². The Bertz CT molecular complexity index is 593. The number of hydrogen-bond acceptors (Lipinski definition) is 5. The SMILES string of the molecule is CC(c1cc(Cl)ccc1Cl)N1CCNC(N)=C1C=C(N)N. The summed E-state index contributed by atoms with van der Waals surface area (Å²) < 4.78 is 0. The zero-order valence-corrected chi connectivity index (χ0v) is 13.2. The second kappa shape index (κ2) is 6.37. The number of rotatable bonds is 3. The number of nitrogens with two attached hydrogens (primary N) is 3. The topological polar surface area (TPSA) is 93.3 Å². The minimum Gasteiger partial charge on any atom is -0.386 e. The van der Waals surface area contributed by atoms with Crippen LogP contribution in [0.15, 0.2) is 41.6 Å². The Labute approximate surface area is 134 Å². The van der Waals surface area contributed by atoms with E-state index in [1.165, 1.54) is 0 Å². The van der Waals surface area contributed by atoms with Gasteiger partial charge < -0.3 is 27.4 Å². The highest BCUT2D eigenvalue weighted by molar-refractivity contribution is 6.33. The Balaban J connectivity index is 2.41. The predicted molar refractivity (Wildman–Crippen MR) is 87.3 cm³/mol. The third-order valence-electron chi connectivity index (χ3n) is 3.43. The number of allylic oxidation sites excluding steroid dienone is 1. The number of hydrogen-bond donors (Lipinski definition) is 4. The first-order valence-corrected chi connectivity index (χ1v) is 7.33. The lowest BCUT2D eigenvalue weighted by Crippen LogP contribution is -2.42. The van der Waals surface area contributed by atoms with Gasteiger partial charge in [0.2, 0.25) is 0 Å². The van der Waals surface area contributed by atoms with E-state index in [4.69, 9.17) is 40.4 Å². The van der Waals surface area contributed by atoms with Crippen LogP contribution in [0.4, 0.5) is 0 Å². The fourth-order valence-electron chi connectivity index (χ4n) is 2.40. The molecule has 0 saturated heterocycles. The van der Waals surface area contributed by atoms with Crippen LogP contribution in [0.1, 0.15) is 18.5 Å². The standard InChI is InChI=1S/C14H19Cl2N5/c1-8(10-6-9(15)2-3-11(10)16)21-5-4-20-14(19)12(21)7-13(17)18/h2-3,6-8,20H,4-5,17-19H2,1H3. The minimum atomic E-state index is -0.0116. The first kappa shape index (κ1) is 15.7. The van der Waals surface area contributed by atoms with E-state index in [0.29, 0.717) is 15.9 Å². The van der Waals surface area contributed by atoms with Crippen molar-refractivity contribution in [3.63, 3.8) is 0 Å². The van der Waals surface area contributed by atoms with E-state index >= 15 is 0 Å². The average Bonchev–Trinajstić information content (AvgIpc) is 2.42. The van der Waals surface area contributed by atoms with E-state index in [9.17, 15) is 0 Å². The number of nitrogens with zero attached hydrogens (tertiary/aromatic N) is 1. The van der Waals surface area contributed by atoms with Crippen molar-refractivity contribution in [2.45, 2.75) is 13.0 Å². The molecular weight excluding hydrogens is 309 g/mol. The highest BCUT2D eigenvalue weighted by Crippen LogP contribution is 2.33. The molecule has 1 aliphatic heterocycles. The third kappa shape index (κ3) is 3.49. The van der Waals surface area contributed by atoms with Gasteiger partial charge in [0.05, 0.1) is 17.6 Å². The lowest BCUT2D eigenvalue weighted by atomic mass is 10.0. The molecule has 7 N–H and O–H groups in total. The molecule has 0 amide bonds. The maximum Gasteiger partial charge on any atom is 0.120 e. The summed E-state index contributed by atoms with van der Waals surface area (Å²) >= 11 is 12.4. The van der Waals surface area contributed by atoms with Crippen LogP contribution in [-0.4, -0.2) is 18.0 Å². The van der Waals surface area contributed by atoms with Gasteiger partial charge in [-0.25, -0.2) is 0 Å². The van der Waals surface area contributed by atoms with Crippen molar-refractivity contribution in [3.8, 4) is 0 Å². The summed E-state index contributed by atoms with van der Waals surface area (Å²) in [7, 11) is 0. The molecule has 1 atom stereocenters. The molecule has 0 fully saturated rings. The van der Waals surface area contributed by atoms with E-state index in [1.54, 1.807) is 18.2 Å². The van der Waals surface area contributed by atoms with E-state index in [0.717, 1.165) is 24.4 Å². The molecule has 0 saturated carbocycles. The van der Waals surface area contributed by atoms with Crippen molar-refractivity contribution in [1.29, 1.82) is 0 Å². The Hall–Kier alpha value is -1.72. The fourth-order valence-corrected chi connectivity index (χ4v) is 2.86. The summed E-state index contributed by atoms with van der Waals surface area (Å²) in [6.07, 6.45) is 1.65. The average molecular weight is 328 g/mol. The molecule has 0 aromatic heterocycles. The molecule has 1 aromatic rings. The van der Waals surface area contributed by atoms with Gasteiger partial charge in [0, 0.05) is 29.2 Å². The first-order chi connectivity index (χ1) is 9.90. The monoisotopic (exact) mass is 327 g/mol. The maximum atomic E-state index is 6.29. The molecule has 7 heteroatoms. The van der Waals surface area contributed by atoms with Crippen LogP contribution in [0.25, 0.3) is 0 Å². The third-order valence-corrected chi connectivity index (χ3v) is 4.01. The largest absolute Gasteiger partial charge is 0.386 e. The lowest BCUT2D eigenvalue weighted by molar-refractivity contribution is 0.261. The van der Waals surface area contributed by atoms with E-state index in [2.05, 4.69) is 10.2 Å². The fraction of sp³-hybridized carbons (Fsp3) is 0.286. The minimum absolute atomic E-state index is 0.0116. The molecule has 1 aliphatic rings. The van der Waals surface area contributed by atoms with Crippen LogP contribution >= 0.6 is 23.2 Å². The Kier molecular flexibility index (Phi) is 4.75. The summed E-state index contributed by atoms with van der Waals surface area (Å²) in [5.41, 5.74) is 18.9. The van der Waals surface area contributed by atoms with E-state index in [-0.39, 0.29) is 11.9 Å². The van der Waals surface area contributed by atoms with Gasteiger partial charge in [0.15, 0.2) is 0 Å². The second-order valence-electron chi connectivity index (χ2n) is 4.91. The van der Waals surface area contributed by atoms with Crippen LogP contribution in [-0.2, 0) is 0 Å². The molecule has 0 radical (unpaired) electrons. The van der Waals surface area contributed by atoms with E-state index < -0.39 is 0 Å². The highest BCUT2D eigenvalue weighted by Gasteiger charge is 2.24. The molecule has 1 unspecified atom stereocenters. The van der Waals surface area contributed by atoms with Gasteiger partial charge in [0.1, 0.15) is 5.82 Å². The first-order valence-electron chi connectivity index (χ1n) is 6.58. The Morgan fingerprint density at radius 3 is 2.76 bits per heavy atom. The molecule has 0 spiro atoms. The highest BCUT2D eigenvalue weighted by atomic mass is 35.5. The lowest BCUT2D eigenvalue weighted by Gasteiger charge is -2.37. The summed E-state index contributed by atoms with van der Waals surface area (Å²) in [6.45, 7) is 3.52. The van der Waals surface area contributed by atoms with Gasteiger partial charge in [-0.2, -0.15) is 0 Å². The van der Waals surface area contributed by atoms with Crippen LogP contribution in [0.2, 0.25) is 10.0 Å². The van der Waals surface area contributed by atoms with Gasteiger partial charge in [-0.1, -0.05) is 23.2 Å². The van der Waals surface area contributed by atoms with Gasteiger partial charge in [-0.15, -0.1) is 0 Å². The number of benzene rings is 1. The molecule has 0 aliphatic carbocycles. The van der Waals surface area contributed by atoms with Crippen LogP contribution in [0.3, 0.4) is 0 Å². The van der Waals surface area contributed by atoms with Crippen molar-refractivity contribution in [1.82, 2.24) is 10.2 Å². The van der Waals surface area contributed by atoms with Crippen molar-refractivity contribution in [2.75, 3.05) is 13.1 Å². The van der Waals surface area contributed by atoms with Gasteiger partial charge in [-0.3, -0.25) is 0 Å². The van der Waals surface area contributed by atoms with Crippen LogP contribution in [0.5, 0.6) is 0 Å². The smallest absolute Gasteiger partial charge is 0.120 e. The van der Waals surface area contributed by atoms with Gasteiger partial charge >= 0.3 is 0 Å². The van der Waals surface area contributed by atoms with Gasteiger partial charge in [0.25, 0.3) is 0 Å². The molecule has 21 heavy (non-hydrogen) atoms. The predicted octanol–water partition coefficient (Wildman–Crippen LogP) is 1.85. The molecule has 5 nitrogen and oxygen atoms in total. The summed E-state index contributed by atoms with van der Waals surface area (Å²) in [5, 5.41) is 4.40. The van der Waals surface area contributed by atoms with Crippen LogP contribution < -0.4 is 22.5 Å². The molecule has 0 bridgehead atoms. The molecule has 1 aromatic carbocycles.